The Kier molecular flexibility index (Phi) is 3.62. The maximum absolute atomic E-state index is 2.43. The summed E-state index contributed by atoms with van der Waals surface area (Å²) in [5, 5.41) is 16.2. The van der Waals surface area contributed by atoms with Gasteiger partial charge in [0.25, 0.3) is 0 Å². The zero-order valence-corrected chi connectivity index (χ0v) is 18.5. The number of hydrogen-bond acceptors (Lipinski definition) is 0. The lowest BCUT2D eigenvalue weighted by Gasteiger charge is -2.14. The Labute approximate surface area is 187 Å². The molecule has 0 fully saturated rings. The predicted octanol–water partition coefficient (Wildman–Crippen LogP) is 7.42. The van der Waals surface area contributed by atoms with Crippen molar-refractivity contribution >= 4 is 66.0 Å². The minimum absolute atomic E-state index is 1.13. The van der Waals surface area contributed by atoms with Gasteiger partial charge in [0.05, 0.1) is 0 Å². The van der Waals surface area contributed by atoms with E-state index in [9.17, 15) is 0 Å². The van der Waals surface area contributed by atoms with Gasteiger partial charge in [-0.25, -0.2) is 0 Å². The van der Waals surface area contributed by atoms with Crippen LogP contribution in [-0.4, -0.2) is 0 Å². The fourth-order valence-corrected chi connectivity index (χ4v) is 5.64. The van der Waals surface area contributed by atoms with Crippen molar-refractivity contribution in [2.45, 2.75) is 26.7 Å². The third-order valence-electron chi connectivity index (χ3n) is 7.25. The van der Waals surface area contributed by atoms with Crippen LogP contribution < -0.4 is 10.4 Å². The summed E-state index contributed by atoms with van der Waals surface area (Å²) in [5.41, 5.74) is 2.62. The first kappa shape index (κ1) is 18.0. The van der Waals surface area contributed by atoms with E-state index < -0.39 is 0 Å². The zero-order valence-electron chi connectivity index (χ0n) is 18.5. The van der Waals surface area contributed by atoms with Crippen LogP contribution in [0, 0.1) is 13.8 Å². The predicted molar refractivity (Wildman–Crippen MR) is 141 cm³/mol. The summed E-state index contributed by atoms with van der Waals surface area (Å²) in [7, 11) is 0. The molecule has 0 heterocycles. The van der Waals surface area contributed by atoms with Crippen molar-refractivity contribution in [3.63, 3.8) is 0 Å². The first-order chi connectivity index (χ1) is 15.6. The lowest BCUT2D eigenvalue weighted by Crippen LogP contribution is -2.26. The molecule has 0 saturated heterocycles. The lowest BCUT2D eigenvalue weighted by atomic mass is 9.89. The summed E-state index contributed by atoms with van der Waals surface area (Å²) in [6.45, 7) is 4.36. The minimum atomic E-state index is 1.13. The molecular weight excluding hydrogens is 384 g/mol. The Morgan fingerprint density at radius 3 is 1.22 bits per heavy atom. The van der Waals surface area contributed by atoms with Crippen molar-refractivity contribution in [2.75, 3.05) is 0 Å². The van der Waals surface area contributed by atoms with Crippen molar-refractivity contribution in [2.24, 2.45) is 0 Å². The molecule has 0 bridgehead atoms. The smallest absolute Gasteiger partial charge is 0.00923 e. The van der Waals surface area contributed by atoms with E-state index in [1.165, 1.54) is 75.4 Å². The Morgan fingerprint density at radius 2 is 0.781 bits per heavy atom. The van der Waals surface area contributed by atoms with Crippen LogP contribution in [0.5, 0.6) is 0 Å². The summed E-state index contributed by atoms with van der Waals surface area (Å²) >= 11 is 0. The lowest BCUT2D eigenvalue weighted by molar-refractivity contribution is 1.12. The molecule has 7 rings (SSSR count). The summed E-state index contributed by atoms with van der Waals surface area (Å²) in [6.07, 6.45) is 7.08. The number of benzene rings is 6. The Bertz CT molecular complexity index is 1740. The highest BCUT2D eigenvalue weighted by molar-refractivity contribution is 6.29. The van der Waals surface area contributed by atoms with Gasteiger partial charge in [0, 0.05) is 0 Å². The van der Waals surface area contributed by atoms with Gasteiger partial charge in [-0.1, -0.05) is 59.7 Å². The van der Waals surface area contributed by atoms with E-state index in [1.54, 1.807) is 0 Å². The molecule has 0 atom stereocenters. The van der Waals surface area contributed by atoms with Crippen molar-refractivity contribution < 1.29 is 0 Å². The molecule has 0 unspecified atom stereocenters. The molecule has 1 aliphatic carbocycles. The molecular formula is C32H24. The molecule has 0 amide bonds. The quantitative estimate of drug-likeness (QED) is 0.181. The standard InChI is InChI=1S/C32H24/c1-19-7-9-23-15-29-30-16-24-10-8-20(2)12-26(24)18-32(30)28-14-22-6-4-3-5-21(22)13-27(28)31(29)17-25(23)11-19/h5-18H,3-4H2,1-2H3. The second-order valence-electron chi connectivity index (χ2n) is 9.51. The highest BCUT2D eigenvalue weighted by Gasteiger charge is 2.12. The fraction of sp³-hybridized carbons (Fsp3) is 0.125. The van der Waals surface area contributed by atoms with Crippen LogP contribution >= 0.6 is 0 Å². The van der Waals surface area contributed by atoms with Crippen LogP contribution in [0.15, 0.2) is 72.8 Å². The molecule has 32 heavy (non-hydrogen) atoms. The fourth-order valence-electron chi connectivity index (χ4n) is 5.64. The van der Waals surface area contributed by atoms with Gasteiger partial charge in [-0.3, -0.25) is 0 Å². The normalized spacial score (nSPS) is 13.6. The molecule has 0 heteroatoms. The Balaban J connectivity index is 1.79. The van der Waals surface area contributed by atoms with Gasteiger partial charge in [-0.2, -0.15) is 0 Å². The molecule has 0 aromatic heterocycles. The van der Waals surface area contributed by atoms with Crippen LogP contribution in [0.4, 0.5) is 0 Å². The van der Waals surface area contributed by atoms with Crippen molar-refractivity contribution in [1.82, 2.24) is 0 Å². The van der Waals surface area contributed by atoms with Crippen LogP contribution in [0.2, 0.25) is 0 Å². The number of fused-ring (bicyclic) bond motifs is 9. The zero-order chi connectivity index (χ0) is 21.4. The second kappa shape index (κ2) is 6.43. The van der Waals surface area contributed by atoms with E-state index in [1.807, 2.05) is 0 Å². The molecule has 0 radical (unpaired) electrons. The molecule has 0 N–H and O–H groups in total. The average Bonchev–Trinajstić information content (AvgIpc) is 2.81. The molecule has 0 saturated carbocycles. The van der Waals surface area contributed by atoms with Crippen LogP contribution in [0.3, 0.4) is 0 Å². The topological polar surface area (TPSA) is 0 Å². The van der Waals surface area contributed by atoms with Gasteiger partial charge >= 0.3 is 0 Å². The second-order valence-corrected chi connectivity index (χ2v) is 9.51. The maximum Gasteiger partial charge on any atom is -0.00923 e. The van der Waals surface area contributed by atoms with E-state index in [4.69, 9.17) is 0 Å². The Hall–Kier alpha value is -3.64. The van der Waals surface area contributed by atoms with Gasteiger partial charge in [-0.05, 0) is 127 Å². The number of aryl methyl sites for hydroxylation is 2. The van der Waals surface area contributed by atoms with E-state index in [2.05, 4.69) is 98.8 Å². The molecule has 6 aromatic carbocycles. The van der Waals surface area contributed by atoms with Gasteiger partial charge < -0.3 is 0 Å². The highest BCUT2D eigenvalue weighted by atomic mass is 14.2. The minimum Gasteiger partial charge on any atom is -0.0763 e. The first-order valence-electron chi connectivity index (χ1n) is 11.6. The van der Waals surface area contributed by atoms with Crippen molar-refractivity contribution in [1.29, 1.82) is 0 Å². The third kappa shape index (κ3) is 2.56. The molecule has 1 aliphatic rings. The van der Waals surface area contributed by atoms with Crippen LogP contribution in [0.1, 0.15) is 24.0 Å². The summed E-state index contributed by atoms with van der Waals surface area (Å²) in [6, 6.07) is 28.1. The van der Waals surface area contributed by atoms with E-state index in [0.29, 0.717) is 0 Å². The van der Waals surface area contributed by atoms with Crippen LogP contribution in [-0.2, 0) is 0 Å². The van der Waals surface area contributed by atoms with Gasteiger partial charge in [0.2, 0.25) is 0 Å². The summed E-state index contributed by atoms with van der Waals surface area (Å²) < 4.78 is 0. The van der Waals surface area contributed by atoms with Gasteiger partial charge in [0.1, 0.15) is 0 Å². The van der Waals surface area contributed by atoms with Crippen molar-refractivity contribution in [3.8, 4) is 0 Å². The van der Waals surface area contributed by atoms with E-state index >= 15 is 0 Å². The highest BCUT2D eigenvalue weighted by Crippen LogP contribution is 2.38. The average molecular weight is 409 g/mol. The van der Waals surface area contributed by atoms with Gasteiger partial charge in [-0.15, -0.1) is 0 Å². The molecule has 6 aromatic rings. The third-order valence-corrected chi connectivity index (χ3v) is 7.25. The maximum atomic E-state index is 2.43. The first-order valence-corrected chi connectivity index (χ1v) is 11.6. The molecule has 0 aliphatic heterocycles. The largest absolute Gasteiger partial charge is 0.0763 e. The molecule has 152 valence electrons. The monoisotopic (exact) mass is 408 g/mol. The summed E-state index contributed by atoms with van der Waals surface area (Å²) in [5.74, 6) is 0. The van der Waals surface area contributed by atoms with E-state index in [0.717, 1.165) is 12.8 Å². The van der Waals surface area contributed by atoms with Crippen molar-refractivity contribution in [3.05, 3.63) is 94.4 Å². The van der Waals surface area contributed by atoms with Crippen LogP contribution in [0.25, 0.3) is 66.0 Å². The number of hydrogen-bond donors (Lipinski definition) is 0. The Morgan fingerprint density at radius 1 is 0.406 bits per heavy atom. The number of rotatable bonds is 0. The molecule has 0 nitrogen and oxygen atoms in total. The SMILES string of the molecule is Cc1ccc2cc3c(cc2c1)c1cc2c(cc1c1cc4cc(C)ccc4cc13)=CCCC=2. The summed E-state index contributed by atoms with van der Waals surface area (Å²) in [4.78, 5) is 0. The molecule has 0 spiro atoms. The van der Waals surface area contributed by atoms with E-state index in [-0.39, 0.29) is 0 Å². The van der Waals surface area contributed by atoms with Gasteiger partial charge in [0.15, 0.2) is 0 Å².